The lowest BCUT2D eigenvalue weighted by atomic mass is 9.75. The Morgan fingerprint density at radius 1 is 1.30 bits per heavy atom. The van der Waals surface area contributed by atoms with Crippen LogP contribution in [0.5, 0.6) is 0 Å². The quantitative estimate of drug-likeness (QED) is 0.584. The van der Waals surface area contributed by atoms with Gasteiger partial charge in [0.05, 0.1) is 18.2 Å². The molecule has 0 bridgehead atoms. The number of hydrogen-bond acceptors (Lipinski definition) is 5. The van der Waals surface area contributed by atoms with Gasteiger partial charge in [-0.15, -0.1) is 0 Å². The van der Waals surface area contributed by atoms with E-state index in [0.29, 0.717) is 48.6 Å². The maximum Gasteiger partial charge on any atom is 0.314 e. The fourth-order valence-electron chi connectivity index (χ4n) is 4.16. The van der Waals surface area contributed by atoms with Crippen molar-refractivity contribution in [3.05, 3.63) is 65.1 Å². The zero-order valence-corrected chi connectivity index (χ0v) is 17.5. The first-order chi connectivity index (χ1) is 14.5. The van der Waals surface area contributed by atoms with Crippen LogP contribution in [-0.2, 0) is 16.0 Å². The van der Waals surface area contributed by atoms with E-state index in [0.717, 1.165) is 5.56 Å². The Morgan fingerprint density at radius 3 is 2.97 bits per heavy atom. The summed E-state index contributed by atoms with van der Waals surface area (Å²) in [6, 6.07) is 9.23. The number of carbonyl (C=O) groups is 2. The molecule has 30 heavy (non-hydrogen) atoms. The van der Waals surface area contributed by atoms with Crippen LogP contribution in [0.3, 0.4) is 0 Å². The van der Waals surface area contributed by atoms with Crippen LogP contribution in [0.25, 0.3) is 5.65 Å². The molecule has 8 heteroatoms. The third kappa shape index (κ3) is 3.89. The fraction of sp³-hybridized carbons (Fsp3) is 0.364. The molecule has 1 fully saturated rings. The van der Waals surface area contributed by atoms with Crippen molar-refractivity contribution in [3.8, 4) is 0 Å². The van der Waals surface area contributed by atoms with Crippen LogP contribution < -0.4 is 0 Å². The molecule has 1 aliphatic rings. The van der Waals surface area contributed by atoms with E-state index in [-0.39, 0.29) is 18.4 Å². The van der Waals surface area contributed by atoms with Crippen LogP contribution in [-0.4, -0.2) is 51.1 Å². The molecule has 2 aromatic heterocycles. The van der Waals surface area contributed by atoms with Gasteiger partial charge in [0, 0.05) is 30.5 Å². The van der Waals surface area contributed by atoms with Gasteiger partial charge in [-0.2, -0.15) is 5.10 Å². The number of aromatic nitrogens is 3. The number of piperidine rings is 1. The Kier molecular flexibility index (Phi) is 5.72. The molecule has 1 amide bonds. The van der Waals surface area contributed by atoms with Gasteiger partial charge in [-0.3, -0.25) is 9.59 Å². The maximum absolute atomic E-state index is 13.3. The number of fused-ring (bicyclic) bond motifs is 1. The first-order valence-electron chi connectivity index (χ1n) is 10.0. The van der Waals surface area contributed by atoms with Gasteiger partial charge >= 0.3 is 5.97 Å². The lowest BCUT2D eigenvalue weighted by Gasteiger charge is -2.41. The molecule has 4 rings (SSSR count). The summed E-state index contributed by atoms with van der Waals surface area (Å²) in [6.45, 7) is 2.94. The number of halogens is 1. The second-order valence-corrected chi connectivity index (χ2v) is 8.02. The molecule has 1 saturated heterocycles. The minimum Gasteiger partial charge on any atom is -0.466 e. The van der Waals surface area contributed by atoms with E-state index in [1.165, 1.54) is 6.20 Å². The number of nitrogens with zero attached hydrogens (tertiary/aromatic N) is 4. The van der Waals surface area contributed by atoms with Crippen LogP contribution in [0, 0.1) is 5.41 Å². The van der Waals surface area contributed by atoms with Gasteiger partial charge in [0.2, 0.25) is 0 Å². The largest absolute Gasteiger partial charge is 0.466 e. The molecule has 0 N–H and O–H groups in total. The molecule has 0 saturated carbocycles. The Hall–Kier alpha value is -2.93. The van der Waals surface area contributed by atoms with E-state index in [4.69, 9.17) is 16.3 Å². The Labute approximate surface area is 179 Å². The van der Waals surface area contributed by atoms with E-state index in [1.54, 1.807) is 40.9 Å². The van der Waals surface area contributed by atoms with Crippen LogP contribution >= 0.6 is 11.6 Å². The maximum atomic E-state index is 13.3. The van der Waals surface area contributed by atoms with Gasteiger partial charge in [-0.05, 0) is 49.9 Å². The first-order valence-corrected chi connectivity index (χ1v) is 10.4. The molecule has 156 valence electrons. The lowest BCUT2D eigenvalue weighted by Crippen LogP contribution is -2.51. The third-order valence-corrected chi connectivity index (χ3v) is 5.75. The standard InChI is InChI=1S/C22H23ClN4O3/c1-2-30-21(29)22(13-16-6-3-7-17(23)12-16)8-4-10-26(15-22)20(28)18-14-25-27-11-5-9-24-19(18)27/h3,5-7,9,11-12,14H,2,4,8,10,13,15H2,1H3. The molecular formula is C22H23ClN4O3. The van der Waals surface area contributed by atoms with Crippen molar-refractivity contribution < 1.29 is 14.3 Å². The van der Waals surface area contributed by atoms with Crippen molar-refractivity contribution >= 4 is 29.1 Å². The second-order valence-electron chi connectivity index (χ2n) is 7.58. The van der Waals surface area contributed by atoms with Gasteiger partial charge in [0.1, 0.15) is 5.56 Å². The van der Waals surface area contributed by atoms with Crippen molar-refractivity contribution in [2.45, 2.75) is 26.2 Å². The zero-order valence-electron chi connectivity index (χ0n) is 16.8. The molecule has 1 atom stereocenters. The summed E-state index contributed by atoms with van der Waals surface area (Å²) in [6.07, 6.45) is 6.72. The van der Waals surface area contributed by atoms with E-state index in [2.05, 4.69) is 10.1 Å². The normalized spacial score (nSPS) is 19.1. The number of ether oxygens (including phenoxy) is 1. The monoisotopic (exact) mass is 426 g/mol. The molecule has 0 radical (unpaired) electrons. The SMILES string of the molecule is CCOC(=O)C1(Cc2cccc(Cl)c2)CCCN(C(=O)c2cnn3cccnc23)C1. The number of carbonyl (C=O) groups excluding carboxylic acids is 2. The molecule has 0 aliphatic carbocycles. The fourth-order valence-corrected chi connectivity index (χ4v) is 4.37. The van der Waals surface area contributed by atoms with Crippen molar-refractivity contribution in [2.75, 3.05) is 19.7 Å². The highest BCUT2D eigenvalue weighted by molar-refractivity contribution is 6.30. The van der Waals surface area contributed by atoms with E-state index < -0.39 is 5.41 Å². The van der Waals surface area contributed by atoms with Crippen molar-refractivity contribution in [1.29, 1.82) is 0 Å². The Balaban J connectivity index is 1.64. The average Bonchev–Trinajstić information content (AvgIpc) is 3.18. The second kappa shape index (κ2) is 8.44. The number of rotatable bonds is 5. The number of amides is 1. The Morgan fingerprint density at radius 2 is 2.17 bits per heavy atom. The van der Waals surface area contributed by atoms with Gasteiger partial charge < -0.3 is 9.64 Å². The van der Waals surface area contributed by atoms with E-state index in [1.807, 2.05) is 18.2 Å². The topological polar surface area (TPSA) is 76.8 Å². The van der Waals surface area contributed by atoms with Crippen LogP contribution in [0.1, 0.15) is 35.7 Å². The molecule has 3 heterocycles. The summed E-state index contributed by atoms with van der Waals surface area (Å²) < 4.78 is 7.01. The number of benzene rings is 1. The van der Waals surface area contributed by atoms with Crippen molar-refractivity contribution in [2.24, 2.45) is 5.41 Å². The molecule has 3 aromatic rings. The highest BCUT2D eigenvalue weighted by Gasteiger charge is 2.45. The van der Waals surface area contributed by atoms with E-state index in [9.17, 15) is 9.59 Å². The van der Waals surface area contributed by atoms with Crippen molar-refractivity contribution in [1.82, 2.24) is 19.5 Å². The lowest BCUT2D eigenvalue weighted by molar-refractivity contribution is -0.158. The number of esters is 1. The Bertz CT molecular complexity index is 1080. The zero-order chi connectivity index (χ0) is 21.1. The molecule has 1 aliphatic heterocycles. The van der Waals surface area contributed by atoms with Gasteiger partial charge in [-0.1, -0.05) is 23.7 Å². The van der Waals surface area contributed by atoms with Gasteiger partial charge in [0.25, 0.3) is 5.91 Å². The van der Waals surface area contributed by atoms with Crippen LogP contribution in [0.2, 0.25) is 5.02 Å². The van der Waals surface area contributed by atoms with Crippen LogP contribution in [0.4, 0.5) is 0 Å². The summed E-state index contributed by atoms with van der Waals surface area (Å²) in [5, 5.41) is 4.83. The highest BCUT2D eigenvalue weighted by atomic mass is 35.5. The van der Waals surface area contributed by atoms with Crippen LogP contribution in [0.15, 0.2) is 48.9 Å². The third-order valence-electron chi connectivity index (χ3n) is 5.51. The minimum absolute atomic E-state index is 0.178. The molecule has 1 unspecified atom stereocenters. The smallest absolute Gasteiger partial charge is 0.314 e. The summed E-state index contributed by atoms with van der Waals surface area (Å²) in [5.74, 6) is -0.455. The predicted molar refractivity (Wildman–Crippen MR) is 112 cm³/mol. The minimum atomic E-state index is -0.814. The summed E-state index contributed by atoms with van der Waals surface area (Å²) in [4.78, 5) is 32.4. The van der Waals surface area contributed by atoms with Gasteiger partial charge in [-0.25, -0.2) is 9.50 Å². The summed E-state index contributed by atoms with van der Waals surface area (Å²) in [5.41, 5.74) is 1.07. The molecular weight excluding hydrogens is 404 g/mol. The summed E-state index contributed by atoms with van der Waals surface area (Å²) >= 11 is 6.15. The predicted octanol–water partition coefficient (Wildman–Crippen LogP) is 3.41. The molecule has 7 nitrogen and oxygen atoms in total. The highest BCUT2D eigenvalue weighted by Crippen LogP contribution is 2.36. The van der Waals surface area contributed by atoms with E-state index >= 15 is 0 Å². The van der Waals surface area contributed by atoms with Gasteiger partial charge in [0.15, 0.2) is 5.65 Å². The number of likely N-dealkylation sites (tertiary alicyclic amines) is 1. The first kappa shape index (κ1) is 20.3. The van der Waals surface area contributed by atoms with Crippen molar-refractivity contribution in [3.63, 3.8) is 0 Å². The molecule has 1 aromatic carbocycles. The number of hydrogen-bond donors (Lipinski definition) is 0. The summed E-state index contributed by atoms with van der Waals surface area (Å²) in [7, 11) is 0. The molecule has 0 spiro atoms. The average molecular weight is 427 g/mol.